The van der Waals surface area contributed by atoms with E-state index in [1.54, 1.807) is 24.3 Å². The van der Waals surface area contributed by atoms with Gasteiger partial charge in [-0.3, -0.25) is 0 Å². The van der Waals surface area contributed by atoms with Gasteiger partial charge >= 0.3 is 0 Å². The molecule has 0 heterocycles. The predicted molar refractivity (Wildman–Crippen MR) is 104 cm³/mol. The van der Waals surface area contributed by atoms with E-state index < -0.39 is 11.0 Å². The Hall–Kier alpha value is -2.26. The minimum absolute atomic E-state index is 0.0725. The van der Waals surface area contributed by atoms with E-state index in [0.29, 0.717) is 17.0 Å². The summed E-state index contributed by atoms with van der Waals surface area (Å²) in [5, 5.41) is 14.2. The topological polar surface area (TPSA) is 117 Å². The van der Waals surface area contributed by atoms with E-state index in [4.69, 9.17) is 16.7 Å². The molecule has 1 atom stereocenters. The van der Waals surface area contributed by atoms with Crippen LogP contribution in [0.25, 0.3) is 0 Å². The van der Waals surface area contributed by atoms with Gasteiger partial charge in [-0.25, -0.2) is 19.9 Å². The maximum absolute atomic E-state index is 11.9. The number of aryl methyl sites for hydroxylation is 1. The maximum Gasteiger partial charge on any atom is 0.152 e. The predicted octanol–water partition coefficient (Wildman–Crippen LogP) is 0.850. The number of nitrogens with two attached hydrogens (primary N) is 2. The highest BCUT2D eigenvalue weighted by Gasteiger charge is 2.06. The lowest BCUT2D eigenvalue weighted by atomic mass is 10.1. The van der Waals surface area contributed by atoms with Crippen LogP contribution in [0.4, 0.5) is 0 Å². The summed E-state index contributed by atoms with van der Waals surface area (Å²) in [6, 6.07) is 15.0. The smallest absolute Gasteiger partial charge is 0.152 e. The van der Waals surface area contributed by atoms with Crippen molar-refractivity contribution in [2.75, 3.05) is 13.2 Å². The summed E-state index contributed by atoms with van der Waals surface area (Å²) >= 11 is 0. The van der Waals surface area contributed by atoms with Crippen molar-refractivity contribution in [3.8, 4) is 0 Å². The van der Waals surface area contributed by atoms with Crippen LogP contribution < -0.4 is 16.3 Å². The molecule has 2 rings (SSSR count). The molecular formula is C18H25N5O2S. The van der Waals surface area contributed by atoms with Crippen molar-refractivity contribution in [2.24, 2.45) is 16.7 Å². The molecular weight excluding hydrogens is 350 g/mol. The van der Waals surface area contributed by atoms with Gasteiger partial charge < -0.3 is 10.8 Å². The summed E-state index contributed by atoms with van der Waals surface area (Å²) in [7, 11) is -1.37. The van der Waals surface area contributed by atoms with E-state index in [1.807, 2.05) is 12.1 Å². The Labute approximate surface area is 156 Å². The Kier molecular flexibility index (Phi) is 7.73. The number of nitrogens with zero attached hydrogens (tertiary/aromatic N) is 2. The fraction of sp³-hybridized carbons (Fsp3) is 0.278. The number of aliphatic hydroxyl groups excluding tert-OH is 1. The second-order valence-corrected chi connectivity index (χ2v) is 6.96. The minimum atomic E-state index is -1.37. The highest BCUT2D eigenvalue weighted by Crippen LogP contribution is 2.09. The summed E-state index contributed by atoms with van der Waals surface area (Å²) in [5.41, 5.74) is 9.00. The molecule has 8 heteroatoms. The average Bonchev–Trinajstić information content (AvgIpc) is 2.66. The number of benzene rings is 2. The SMILES string of the molecule is CCc1ccc(CN(N)/N=C(\N)c2ccc(S(=O)NCCO)cc2)cc1. The second-order valence-electron chi connectivity index (χ2n) is 5.66. The van der Waals surface area contributed by atoms with Gasteiger partial charge in [0.1, 0.15) is 11.0 Å². The molecule has 6 N–H and O–H groups in total. The Morgan fingerprint density at radius 2 is 1.77 bits per heavy atom. The van der Waals surface area contributed by atoms with Crippen LogP contribution in [-0.2, 0) is 24.0 Å². The van der Waals surface area contributed by atoms with Gasteiger partial charge in [0.05, 0.1) is 18.0 Å². The molecule has 7 nitrogen and oxygen atoms in total. The summed E-state index contributed by atoms with van der Waals surface area (Å²) in [6.07, 6.45) is 0.994. The van der Waals surface area contributed by atoms with E-state index >= 15 is 0 Å². The number of hydrazone groups is 1. The molecule has 0 amide bonds. The third kappa shape index (κ3) is 5.92. The molecule has 0 aliphatic rings. The van der Waals surface area contributed by atoms with Crippen molar-refractivity contribution in [3.05, 3.63) is 65.2 Å². The summed E-state index contributed by atoms with van der Waals surface area (Å²) in [4.78, 5) is 0.593. The number of amidine groups is 1. The first kappa shape index (κ1) is 20.1. The second kappa shape index (κ2) is 10.0. The number of aliphatic hydroxyl groups is 1. The molecule has 140 valence electrons. The quantitative estimate of drug-likeness (QED) is 0.224. The van der Waals surface area contributed by atoms with Gasteiger partial charge in [0, 0.05) is 12.1 Å². The molecule has 2 aromatic carbocycles. The molecule has 0 aromatic heterocycles. The van der Waals surface area contributed by atoms with Crippen molar-refractivity contribution in [3.63, 3.8) is 0 Å². The molecule has 0 bridgehead atoms. The van der Waals surface area contributed by atoms with Crippen LogP contribution in [-0.4, -0.2) is 33.4 Å². The van der Waals surface area contributed by atoms with E-state index in [0.717, 1.165) is 12.0 Å². The molecule has 0 saturated carbocycles. The molecule has 0 aliphatic heterocycles. The largest absolute Gasteiger partial charge is 0.395 e. The van der Waals surface area contributed by atoms with E-state index in [9.17, 15) is 4.21 Å². The van der Waals surface area contributed by atoms with Gasteiger partial charge in [-0.15, -0.1) is 5.10 Å². The number of hydrazine groups is 1. The summed E-state index contributed by atoms with van der Waals surface area (Å²) in [5.74, 6) is 6.21. The first-order chi connectivity index (χ1) is 12.5. The van der Waals surface area contributed by atoms with Crippen molar-refractivity contribution in [1.82, 2.24) is 9.84 Å². The van der Waals surface area contributed by atoms with Crippen molar-refractivity contribution in [2.45, 2.75) is 24.8 Å². The van der Waals surface area contributed by atoms with E-state index in [-0.39, 0.29) is 19.0 Å². The zero-order chi connectivity index (χ0) is 18.9. The Bertz CT molecular complexity index is 747. The number of hydrogen-bond acceptors (Lipinski definition) is 5. The molecule has 1 unspecified atom stereocenters. The van der Waals surface area contributed by atoms with Crippen LogP contribution in [0.2, 0.25) is 0 Å². The minimum Gasteiger partial charge on any atom is -0.395 e. The third-order valence-electron chi connectivity index (χ3n) is 3.72. The standard InChI is InChI=1S/C18H25N5O2S/c1-2-14-3-5-15(6-4-14)13-23(20)22-18(19)16-7-9-17(10-8-16)26(25)21-11-12-24/h3-10,21,24H,2,11-13,20H2,1H3,(H2,19,22). The Balaban J connectivity index is 1.99. The average molecular weight is 375 g/mol. The van der Waals surface area contributed by atoms with Crippen LogP contribution >= 0.6 is 0 Å². The summed E-state index contributed by atoms with van der Waals surface area (Å²) in [6.45, 7) is 2.74. The number of rotatable bonds is 9. The van der Waals surface area contributed by atoms with Crippen LogP contribution in [0, 0.1) is 0 Å². The Morgan fingerprint density at radius 3 is 2.35 bits per heavy atom. The van der Waals surface area contributed by atoms with Crippen molar-refractivity contribution < 1.29 is 9.32 Å². The van der Waals surface area contributed by atoms with Crippen LogP contribution in [0.5, 0.6) is 0 Å². The van der Waals surface area contributed by atoms with E-state index in [2.05, 4.69) is 28.9 Å². The highest BCUT2D eigenvalue weighted by atomic mass is 32.2. The molecule has 0 aliphatic carbocycles. The lowest BCUT2D eigenvalue weighted by molar-refractivity contribution is 0.290. The monoisotopic (exact) mass is 375 g/mol. The zero-order valence-electron chi connectivity index (χ0n) is 14.8. The lowest BCUT2D eigenvalue weighted by Gasteiger charge is -2.14. The Morgan fingerprint density at radius 1 is 1.15 bits per heavy atom. The lowest BCUT2D eigenvalue weighted by Crippen LogP contribution is -2.29. The number of hydrogen-bond donors (Lipinski definition) is 4. The van der Waals surface area contributed by atoms with Crippen LogP contribution in [0.1, 0.15) is 23.6 Å². The van der Waals surface area contributed by atoms with Gasteiger partial charge in [0.15, 0.2) is 5.84 Å². The van der Waals surface area contributed by atoms with Gasteiger partial charge in [0.25, 0.3) is 0 Å². The molecule has 2 aromatic rings. The van der Waals surface area contributed by atoms with Gasteiger partial charge in [0.2, 0.25) is 0 Å². The van der Waals surface area contributed by atoms with E-state index in [1.165, 1.54) is 10.7 Å². The van der Waals surface area contributed by atoms with Crippen LogP contribution in [0.3, 0.4) is 0 Å². The maximum atomic E-state index is 11.9. The van der Waals surface area contributed by atoms with Crippen molar-refractivity contribution >= 4 is 16.8 Å². The first-order valence-corrected chi connectivity index (χ1v) is 9.49. The zero-order valence-corrected chi connectivity index (χ0v) is 15.6. The number of nitrogens with one attached hydrogen (secondary N) is 1. The van der Waals surface area contributed by atoms with Crippen LogP contribution in [0.15, 0.2) is 58.5 Å². The molecule has 0 radical (unpaired) electrons. The summed E-state index contributed by atoms with van der Waals surface area (Å²) < 4.78 is 14.6. The van der Waals surface area contributed by atoms with Gasteiger partial charge in [-0.2, -0.15) is 0 Å². The van der Waals surface area contributed by atoms with Gasteiger partial charge in [-0.05, 0) is 41.8 Å². The van der Waals surface area contributed by atoms with Gasteiger partial charge in [-0.1, -0.05) is 31.2 Å². The molecule has 0 spiro atoms. The molecule has 0 saturated heterocycles. The normalized spacial score (nSPS) is 12.8. The first-order valence-electron chi connectivity index (χ1n) is 8.34. The highest BCUT2D eigenvalue weighted by molar-refractivity contribution is 7.83. The molecule has 26 heavy (non-hydrogen) atoms. The molecule has 0 fully saturated rings. The fourth-order valence-corrected chi connectivity index (χ4v) is 3.10. The third-order valence-corrected chi connectivity index (χ3v) is 4.89. The van der Waals surface area contributed by atoms with Crippen molar-refractivity contribution in [1.29, 1.82) is 0 Å². The fourth-order valence-electron chi connectivity index (χ4n) is 2.27.